The van der Waals surface area contributed by atoms with Crippen LogP contribution in [0.15, 0.2) is 207 Å². The molecule has 268 valence electrons. The Morgan fingerprint density at radius 1 is 0.281 bits per heavy atom. The van der Waals surface area contributed by atoms with Gasteiger partial charge in [0.25, 0.3) is 0 Å². The molecule has 0 aliphatic rings. The lowest BCUT2D eigenvalue weighted by atomic mass is 10.0. The maximum absolute atomic E-state index is 7.09. The van der Waals surface area contributed by atoms with Crippen LogP contribution in [0, 0.1) is 0 Å². The second kappa shape index (κ2) is 12.4. The van der Waals surface area contributed by atoms with Gasteiger partial charge in [0.15, 0.2) is 0 Å². The first-order valence-corrected chi connectivity index (χ1v) is 19.2. The summed E-state index contributed by atoms with van der Waals surface area (Å²) >= 11 is 0. The quantitative estimate of drug-likeness (QED) is 0.170. The van der Waals surface area contributed by atoms with Crippen molar-refractivity contribution in [3.63, 3.8) is 0 Å². The number of hydrogen-bond donors (Lipinski definition) is 0. The van der Waals surface area contributed by atoms with Crippen molar-refractivity contribution in [2.45, 2.75) is 0 Å². The Kier molecular flexibility index (Phi) is 6.86. The molecule has 0 atom stereocenters. The van der Waals surface area contributed by atoms with Gasteiger partial charge in [0.1, 0.15) is 33.5 Å². The van der Waals surface area contributed by atoms with Gasteiger partial charge < -0.3 is 23.1 Å². The zero-order valence-corrected chi connectivity index (χ0v) is 30.6. The van der Waals surface area contributed by atoms with Crippen molar-refractivity contribution in [1.82, 2.24) is 0 Å². The highest BCUT2D eigenvalue weighted by molar-refractivity contribution is 6.22. The number of anilines is 6. The monoisotopic (exact) mass is 732 g/mol. The van der Waals surface area contributed by atoms with Crippen LogP contribution in [-0.2, 0) is 0 Å². The molecule has 57 heavy (non-hydrogen) atoms. The van der Waals surface area contributed by atoms with E-state index in [9.17, 15) is 0 Å². The highest BCUT2D eigenvalue weighted by Crippen LogP contribution is 2.51. The van der Waals surface area contributed by atoms with Crippen molar-refractivity contribution < 1.29 is 13.3 Å². The van der Waals surface area contributed by atoms with Crippen molar-refractivity contribution in [2.24, 2.45) is 0 Å². The Morgan fingerprint density at radius 2 is 0.789 bits per heavy atom. The lowest BCUT2D eigenvalue weighted by Gasteiger charge is -2.30. The normalized spacial score (nSPS) is 11.9. The van der Waals surface area contributed by atoms with Crippen LogP contribution in [0.5, 0.6) is 0 Å². The molecular formula is C52H32N2O3. The fourth-order valence-corrected chi connectivity index (χ4v) is 8.78. The number of fused-ring (bicyclic) bond motifs is 11. The second-order valence-electron chi connectivity index (χ2n) is 14.4. The summed E-state index contributed by atoms with van der Waals surface area (Å²) in [7, 11) is 0. The Bertz CT molecular complexity index is 3490. The van der Waals surface area contributed by atoms with E-state index in [-0.39, 0.29) is 0 Å². The van der Waals surface area contributed by atoms with Crippen LogP contribution in [0.1, 0.15) is 0 Å². The molecule has 0 radical (unpaired) electrons. The highest BCUT2D eigenvalue weighted by atomic mass is 16.3. The molecule has 5 heteroatoms. The predicted molar refractivity (Wildman–Crippen MR) is 235 cm³/mol. The molecule has 3 aromatic heterocycles. The third-order valence-electron chi connectivity index (χ3n) is 11.2. The van der Waals surface area contributed by atoms with Gasteiger partial charge in [-0.05, 0) is 78.2 Å². The second-order valence-corrected chi connectivity index (χ2v) is 14.4. The van der Waals surface area contributed by atoms with Crippen LogP contribution >= 0.6 is 0 Å². The minimum atomic E-state index is 0.782. The third-order valence-corrected chi connectivity index (χ3v) is 11.2. The number of hydrogen-bond acceptors (Lipinski definition) is 5. The summed E-state index contributed by atoms with van der Waals surface area (Å²) in [5.74, 6) is 0. The minimum Gasteiger partial charge on any atom is -0.456 e. The molecule has 0 saturated carbocycles. The summed E-state index contributed by atoms with van der Waals surface area (Å²) in [6.45, 7) is 0. The van der Waals surface area contributed by atoms with E-state index in [0.29, 0.717) is 0 Å². The average molecular weight is 733 g/mol. The predicted octanol–water partition coefficient (Wildman–Crippen LogP) is 15.5. The minimum absolute atomic E-state index is 0.782. The molecular weight excluding hydrogens is 701 g/mol. The Balaban J connectivity index is 1.24. The van der Waals surface area contributed by atoms with Crippen LogP contribution in [0.25, 0.3) is 76.6 Å². The summed E-state index contributed by atoms with van der Waals surface area (Å²) in [6, 6.07) is 67.7. The van der Waals surface area contributed by atoms with Crippen molar-refractivity contribution in [2.75, 3.05) is 9.80 Å². The fraction of sp³-hybridized carbons (Fsp3) is 0. The van der Waals surface area contributed by atoms with Gasteiger partial charge in [-0.2, -0.15) is 0 Å². The molecule has 5 nitrogen and oxygen atoms in total. The Labute approximate surface area is 326 Å². The van der Waals surface area contributed by atoms with Crippen LogP contribution in [0.2, 0.25) is 0 Å². The summed E-state index contributed by atoms with van der Waals surface area (Å²) < 4.78 is 20.0. The largest absolute Gasteiger partial charge is 0.456 e. The van der Waals surface area contributed by atoms with Crippen LogP contribution in [0.4, 0.5) is 34.1 Å². The average Bonchev–Trinajstić information content (AvgIpc) is 3.97. The van der Waals surface area contributed by atoms with Crippen LogP contribution in [-0.4, -0.2) is 0 Å². The van der Waals surface area contributed by atoms with Crippen molar-refractivity contribution in [3.8, 4) is 0 Å². The van der Waals surface area contributed by atoms with Gasteiger partial charge in [-0.15, -0.1) is 0 Å². The SMILES string of the molecule is c1ccc(N(c2cc(N(c3ccccc3)c3cccc4oc5ccccc5c34)c3c(c2)oc2c4ccccc4ccc23)c2cccc3oc4ccccc4c23)cc1. The van der Waals surface area contributed by atoms with Gasteiger partial charge in [0.05, 0.1) is 38.9 Å². The van der Waals surface area contributed by atoms with Gasteiger partial charge in [-0.25, -0.2) is 0 Å². The number of nitrogens with zero attached hydrogens (tertiary/aromatic N) is 2. The lowest BCUT2D eigenvalue weighted by Crippen LogP contribution is -2.14. The van der Waals surface area contributed by atoms with E-state index in [4.69, 9.17) is 13.3 Å². The molecule has 0 bridgehead atoms. The van der Waals surface area contributed by atoms with E-state index in [1.165, 1.54) is 0 Å². The summed E-state index contributed by atoms with van der Waals surface area (Å²) in [6.07, 6.45) is 0. The van der Waals surface area contributed by atoms with E-state index in [2.05, 4.69) is 174 Å². The van der Waals surface area contributed by atoms with E-state index in [1.54, 1.807) is 0 Å². The van der Waals surface area contributed by atoms with Crippen molar-refractivity contribution >= 4 is 111 Å². The first kappa shape index (κ1) is 31.6. The first-order chi connectivity index (χ1) is 28.3. The van der Waals surface area contributed by atoms with E-state index >= 15 is 0 Å². The van der Waals surface area contributed by atoms with Crippen LogP contribution < -0.4 is 9.80 Å². The summed E-state index contributed by atoms with van der Waals surface area (Å²) in [5, 5.41) is 8.48. The topological polar surface area (TPSA) is 45.9 Å². The maximum atomic E-state index is 7.09. The standard InChI is InChI=1S/C52H32N2O3/c1-3-16-34(17-4-1)53(41-23-13-27-46-49(41)38-21-9-11-25-44(38)55-46)36-31-43(51-40-30-29-33-15-7-8-20-37(33)52(40)57-48(51)32-36)54(35-18-5-2-6-19-35)42-24-14-28-47-50(42)39-22-10-12-26-45(39)56-47/h1-32H. The van der Waals surface area contributed by atoms with Gasteiger partial charge in [0.2, 0.25) is 0 Å². The zero-order valence-electron chi connectivity index (χ0n) is 30.6. The van der Waals surface area contributed by atoms with E-state index in [1.807, 2.05) is 30.3 Å². The molecule has 0 N–H and O–H groups in total. The van der Waals surface area contributed by atoms with Crippen molar-refractivity contribution in [1.29, 1.82) is 0 Å². The zero-order chi connectivity index (χ0) is 37.5. The van der Waals surface area contributed by atoms with Gasteiger partial charge in [0, 0.05) is 39.0 Å². The molecule has 9 aromatic carbocycles. The molecule has 0 spiro atoms. The highest BCUT2D eigenvalue weighted by Gasteiger charge is 2.27. The molecule has 12 aromatic rings. The smallest absolute Gasteiger partial charge is 0.143 e. The van der Waals surface area contributed by atoms with Gasteiger partial charge >= 0.3 is 0 Å². The Hall–Kier alpha value is -7.76. The van der Waals surface area contributed by atoms with E-state index in [0.717, 1.165) is 111 Å². The van der Waals surface area contributed by atoms with Gasteiger partial charge in [-0.1, -0.05) is 115 Å². The number of rotatable bonds is 6. The molecule has 0 aliphatic heterocycles. The molecule has 0 fully saturated rings. The van der Waals surface area contributed by atoms with Crippen molar-refractivity contribution in [3.05, 3.63) is 194 Å². The summed E-state index contributed by atoms with van der Waals surface area (Å²) in [4.78, 5) is 4.70. The molecule has 0 unspecified atom stereocenters. The van der Waals surface area contributed by atoms with E-state index < -0.39 is 0 Å². The molecule has 3 heterocycles. The number of para-hydroxylation sites is 4. The number of benzene rings is 9. The number of furan rings is 3. The van der Waals surface area contributed by atoms with Crippen LogP contribution in [0.3, 0.4) is 0 Å². The first-order valence-electron chi connectivity index (χ1n) is 19.2. The Morgan fingerprint density at radius 3 is 1.44 bits per heavy atom. The van der Waals surface area contributed by atoms with Gasteiger partial charge in [-0.3, -0.25) is 0 Å². The molecule has 0 aliphatic carbocycles. The fourth-order valence-electron chi connectivity index (χ4n) is 8.78. The lowest BCUT2D eigenvalue weighted by molar-refractivity contribution is 0.668. The molecule has 12 rings (SSSR count). The molecule has 0 saturated heterocycles. The third kappa shape index (κ3) is 4.82. The molecule has 0 amide bonds. The maximum Gasteiger partial charge on any atom is 0.143 e. The summed E-state index contributed by atoms with van der Waals surface area (Å²) in [5.41, 5.74) is 10.9.